The van der Waals surface area contributed by atoms with Crippen LogP contribution in [0.15, 0.2) is 45.3 Å². The quantitative estimate of drug-likeness (QED) is 0.756. The van der Waals surface area contributed by atoms with Crippen LogP contribution < -0.4 is 5.32 Å². The molecular weight excluding hydrogens is 392 g/mol. The van der Waals surface area contributed by atoms with Crippen molar-refractivity contribution < 1.29 is 8.78 Å². The minimum Gasteiger partial charge on any atom is -0.313 e. The fraction of sp³-hybridized carbons (Fsp3) is 0.200. The first-order valence-electron chi connectivity index (χ1n) is 6.08. The summed E-state index contributed by atoms with van der Waals surface area (Å²) in [6.45, 7) is 0. The zero-order valence-corrected chi connectivity index (χ0v) is 13.9. The van der Waals surface area contributed by atoms with Crippen LogP contribution in [0.25, 0.3) is 0 Å². The molecule has 0 amide bonds. The molecule has 20 heavy (non-hydrogen) atoms. The van der Waals surface area contributed by atoms with Gasteiger partial charge in [-0.05, 0) is 64.8 Å². The number of benzene rings is 2. The minimum absolute atomic E-state index is 0.177. The molecule has 0 aliphatic carbocycles. The predicted molar refractivity (Wildman–Crippen MR) is 83.7 cm³/mol. The Kier molecular flexibility index (Phi) is 5.29. The molecule has 1 nitrogen and oxygen atoms in total. The van der Waals surface area contributed by atoms with Crippen molar-refractivity contribution >= 4 is 31.9 Å². The highest BCUT2D eigenvalue weighted by molar-refractivity contribution is 9.10. The number of likely N-dealkylation sites (N-methyl/N-ethyl adjacent to an activating group) is 1. The van der Waals surface area contributed by atoms with Gasteiger partial charge in [0.05, 0.1) is 4.47 Å². The zero-order valence-electron chi connectivity index (χ0n) is 10.8. The molecule has 0 saturated carbocycles. The monoisotopic (exact) mass is 403 g/mol. The standard InChI is InChI=1S/C15H13Br2F2N/c1-20-14(11-3-2-4-13(19)15(11)17)8-9-7-10(16)5-6-12(9)18/h2-7,14,20H,8H2,1H3. The Hall–Kier alpha value is -0.780. The lowest BCUT2D eigenvalue weighted by Crippen LogP contribution is -2.20. The van der Waals surface area contributed by atoms with Crippen molar-refractivity contribution in [3.8, 4) is 0 Å². The highest BCUT2D eigenvalue weighted by atomic mass is 79.9. The van der Waals surface area contributed by atoms with E-state index in [1.54, 1.807) is 25.2 Å². The lowest BCUT2D eigenvalue weighted by Gasteiger charge is -2.19. The van der Waals surface area contributed by atoms with E-state index in [2.05, 4.69) is 37.2 Å². The van der Waals surface area contributed by atoms with Gasteiger partial charge in [-0.15, -0.1) is 0 Å². The zero-order chi connectivity index (χ0) is 14.7. The SMILES string of the molecule is CNC(Cc1cc(Br)ccc1F)c1cccc(F)c1Br. The number of rotatable bonds is 4. The fourth-order valence-electron chi connectivity index (χ4n) is 2.08. The normalized spacial score (nSPS) is 12.4. The van der Waals surface area contributed by atoms with Crippen LogP contribution in [0.5, 0.6) is 0 Å². The van der Waals surface area contributed by atoms with Crippen molar-refractivity contribution in [3.63, 3.8) is 0 Å². The number of hydrogen-bond donors (Lipinski definition) is 1. The summed E-state index contributed by atoms with van der Waals surface area (Å²) < 4.78 is 28.7. The van der Waals surface area contributed by atoms with Crippen molar-refractivity contribution in [1.82, 2.24) is 5.32 Å². The van der Waals surface area contributed by atoms with Crippen molar-refractivity contribution in [2.45, 2.75) is 12.5 Å². The first kappa shape index (κ1) is 15.6. The molecule has 0 bridgehead atoms. The molecule has 0 saturated heterocycles. The molecule has 2 aromatic rings. The summed E-state index contributed by atoms with van der Waals surface area (Å²) in [5.74, 6) is -0.585. The van der Waals surface area contributed by atoms with Gasteiger partial charge in [-0.1, -0.05) is 28.1 Å². The lowest BCUT2D eigenvalue weighted by atomic mass is 9.98. The van der Waals surface area contributed by atoms with Crippen LogP contribution in [-0.2, 0) is 6.42 Å². The van der Waals surface area contributed by atoms with E-state index < -0.39 is 0 Å². The van der Waals surface area contributed by atoms with Crippen molar-refractivity contribution in [2.24, 2.45) is 0 Å². The van der Waals surface area contributed by atoms with E-state index in [-0.39, 0.29) is 17.7 Å². The van der Waals surface area contributed by atoms with Gasteiger partial charge in [-0.25, -0.2) is 8.78 Å². The van der Waals surface area contributed by atoms with Crippen molar-refractivity contribution in [1.29, 1.82) is 0 Å². The van der Waals surface area contributed by atoms with Crippen molar-refractivity contribution in [2.75, 3.05) is 7.05 Å². The van der Waals surface area contributed by atoms with Gasteiger partial charge in [-0.2, -0.15) is 0 Å². The van der Waals surface area contributed by atoms with Gasteiger partial charge in [0.15, 0.2) is 0 Å². The average molecular weight is 405 g/mol. The van der Waals surface area contributed by atoms with Gasteiger partial charge in [0.2, 0.25) is 0 Å². The van der Waals surface area contributed by atoms with Crippen LogP contribution in [-0.4, -0.2) is 7.05 Å². The molecule has 2 rings (SSSR count). The molecule has 0 aliphatic heterocycles. The molecule has 0 spiro atoms. The Morgan fingerprint density at radius 2 is 1.85 bits per heavy atom. The van der Waals surface area contributed by atoms with Crippen molar-refractivity contribution in [3.05, 3.63) is 68.1 Å². The van der Waals surface area contributed by atoms with Crippen LogP contribution >= 0.6 is 31.9 Å². The topological polar surface area (TPSA) is 12.0 Å². The fourth-order valence-corrected chi connectivity index (χ4v) is 3.03. The predicted octanol–water partition coefficient (Wildman–Crippen LogP) is 4.99. The molecule has 5 heteroatoms. The maximum Gasteiger partial charge on any atom is 0.137 e. The summed E-state index contributed by atoms with van der Waals surface area (Å²) in [6, 6.07) is 9.51. The second-order valence-electron chi connectivity index (χ2n) is 4.42. The van der Waals surface area contributed by atoms with Crippen LogP contribution in [0.4, 0.5) is 8.78 Å². The molecule has 1 atom stereocenters. The average Bonchev–Trinajstić information content (AvgIpc) is 2.43. The lowest BCUT2D eigenvalue weighted by molar-refractivity contribution is 0.545. The van der Waals surface area contributed by atoms with Gasteiger partial charge >= 0.3 is 0 Å². The van der Waals surface area contributed by atoms with E-state index in [0.717, 1.165) is 10.0 Å². The van der Waals surface area contributed by atoms with E-state index in [4.69, 9.17) is 0 Å². The summed E-state index contributed by atoms with van der Waals surface area (Å²) in [4.78, 5) is 0. The molecule has 0 aliphatic rings. The molecule has 0 heterocycles. The Labute approximate surface area is 133 Å². The van der Waals surface area contributed by atoms with E-state index in [1.807, 2.05) is 6.07 Å². The van der Waals surface area contributed by atoms with E-state index in [1.165, 1.54) is 12.1 Å². The van der Waals surface area contributed by atoms with Gasteiger partial charge in [-0.3, -0.25) is 0 Å². The number of halogens is 4. The van der Waals surface area contributed by atoms with Gasteiger partial charge in [0.1, 0.15) is 11.6 Å². The Morgan fingerprint density at radius 1 is 1.10 bits per heavy atom. The Balaban J connectivity index is 2.34. The van der Waals surface area contributed by atoms with E-state index in [0.29, 0.717) is 16.5 Å². The molecule has 2 aromatic carbocycles. The number of nitrogens with one attached hydrogen (secondary N) is 1. The third-order valence-corrected chi connectivity index (χ3v) is 4.47. The molecule has 0 aromatic heterocycles. The summed E-state index contributed by atoms with van der Waals surface area (Å²) in [6.07, 6.45) is 0.434. The van der Waals surface area contributed by atoms with E-state index >= 15 is 0 Å². The number of hydrogen-bond acceptors (Lipinski definition) is 1. The molecule has 1 unspecified atom stereocenters. The molecule has 0 fully saturated rings. The second-order valence-corrected chi connectivity index (χ2v) is 6.13. The summed E-state index contributed by atoms with van der Waals surface area (Å²) in [5.41, 5.74) is 1.35. The maximum absolute atomic E-state index is 13.8. The molecule has 0 radical (unpaired) electrons. The summed E-state index contributed by atoms with van der Waals surface area (Å²) in [7, 11) is 1.78. The van der Waals surface area contributed by atoms with Gasteiger partial charge in [0.25, 0.3) is 0 Å². The Bertz CT molecular complexity index is 617. The first-order valence-corrected chi connectivity index (χ1v) is 7.66. The minimum atomic E-state index is -0.322. The molecular formula is C15H13Br2F2N. The molecule has 106 valence electrons. The summed E-state index contributed by atoms with van der Waals surface area (Å²) >= 11 is 6.58. The van der Waals surface area contributed by atoms with Crippen LogP contribution in [0.2, 0.25) is 0 Å². The smallest absolute Gasteiger partial charge is 0.137 e. The first-order chi connectivity index (χ1) is 9.52. The maximum atomic E-state index is 13.8. The Morgan fingerprint density at radius 3 is 2.55 bits per heavy atom. The summed E-state index contributed by atoms with van der Waals surface area (Å²) in [5, 5.41) is 3.10. The van der Waals surface area contributed by atoms with Crippen LogP contribution in [0, 0.1) is 11.6 Å². The molecule has 1 N–H and O–H groups in total. The third kappa shape index (κ3) is 3.45. The van der Waals surface area contributed by atoms with Gasteiger partial charge in [0, 0.05) is 10.5 Å². The second kappa shape index (κ2) is 6.78. The largest absolute Gasteiger partial charge is 0.313 e. The van der Waals surface area contributed by atoms with Crippen LogP contribution in [0.1, 0.15) is 17.2 Å². The van der Waals surface area contributed by atoms with Crippen LogP contribution in [0.3, 0.4) is 0 Å². The third-order valence-electron chi connectivity index (χ3n) is 3.14. The van der Waals surface area contributed by atoms with E-state index in [9.17, 15) is 8.78 Å². The van der Waals surface area contributed by atoms with Gasteiger partial charge < -0.3 is 5.32 Å². The highest BCUT2D eigenvalue weighted by Crippen LogP contribution is 2.29. The highest BCUT2D eigenvalue weighted by Gasteiger charge is 2.17.